The Balaban J connectivity index is 1.70. The molecule has 2 aromatic heterocycles. The molecule has 228 valence electrons. The Kier molecular flexibility index (Phi) is 8.27. The van der Waals surface area contributed by atoms with E-state index in [2.05, 4.69) is 20.3 Å². The molecule has 8 nitrogen and oxygen atoms in total. The fraction of sp³-hybridized carbons (Fsp3) is 0.481. The number of fused-ring (bicyclic) bond motifs is 1. The monoisotopic (exact) mass is 617 g/mol. The van der Waals surface area contributed by atoms with Crippen molar-refractivity contribution in [2.24, 2.45) is 0 Å². The van der Waals surface area contributed by atoms with Gasteiger partial charge in [0.1, 0.15) is 24.0 Å². The summed E-state index contributed by atoms with van der Waals surface area (Å²) in [7, 11) is -3.18. The molecule has 1 aliphatic rings. The molecule has 4 rings (SSSR count). The summed E-state index contributed by atoms with van der Waals surface area (Å²) < 4.78 is 101. The average molecular weight is 618 g/mol. The van der Waals surface area contributed by atoms with Crippen molar-refractivity contribution in [3.8, 4) is 0 Å². The van der Waals surface area contributed by atoms with Crippen LogP contribution in [-0.4, -0.2) is 57.0 Å². The predicted molar refractivity (Wildman–Crippen MR) is 145 cm³/mol. The molecule has 0 radical (unpaired) electrons. The molecule has 0 spiro atoms. The van der Waals surface area contributed by atoms with Crippen LogP contribution in [-0.2, 0) is 21.7 Å². The van der Waals surface area contributed by atoms with Gasteiger partial charge < -0.3 is 19.5 Å². The van der Waals surface area contributed by atoms with Gasteiger partial charge in [0.05, 0.1) is 23.3 Å². The van der Waals surface area contributed by atoms with Gasteiger partial charge >= 0.3 is 18.4 Å². The second-order valence-electron chi connectivity index (χ2n) is 11.1. The zero-order valence-electron chi connectivity index (χ0n) is 23.5. The number of hydrogen-bond acceptors (Lipinski definition) is 7. The summed E-state index contributed by atoms with van der Waals surface area (Å²) >= 11 is 0. The van der Waals surface area contributed by atoms with Gasteiger partial charge in [-0.25, -0.2) is 14.8 Å². The summed E-state index contributed by atoms with van der Waals surface area (Å²) in [5, 5.41) is 2.89. The van der Waals surface area contributed by atoms with E-state index in [1.54, 1.807) is 20.8 Å². The first kappa shape index (κ1) is 31.5. The van der Waals surface area contributed by atoms with Crippen LogP contribution in [0.3, 0.4) is 0 Å². The molecule has 0 saturated carbocycles. The molecular weight excluding hydrogens is 587 g/mol. The third kappa shape index (κ3) is 6.79. The molecule has 0 bridgehead atoms. The first-order valence-electron chi connectivity index (χ1n) is 13.0. The number of rotatable bonds is 4. The van der Waals surface area contributed by atoms with Crippen molar-refractivity contribution in [1.82, 2.24) is 19.9 Å². The van der Waals surface area contributed by atoms with Crippen LogP contribution in [0.2, 0.25) is 0 Å². The van der Waals surface area contributed by atoms with Crippen LogP contribution in [0.25, 0.3) is 10.9 Å². The van der Waals surface area contributed by atoms with Gasteiger partial charge in [0.15, 0.2) is 0 Å². The lowest BCUT2D eigenvalue weighted by Gasteiger charge is -2.33. The normalized spacial score (nSPS) is 16.8. The molecule has 3 heterocycles. The van der Waals surface area contributed by atoms with Gasteiger partial charge in [-0.15, -0.1) is 0 Å². The van der Waals surface area contributed by atoms with E-state index in [-0.39, 0.29) is 58.7 Å². The Morgan fingerprint density at radius 1 is 1.05 bits per heavy atom. The number of halogens is 6. The zero-order valence-corrected chi connectivity index (χ0v) is 24.4. The first-order chi connectivity index (χ1) is 19.3. The highest BCUT2D eigenvalue weighted by molar-refractivity contribution is 7.71. The third-order valence-electron chi connectivity index (χ3n) is 6.85. The van der Waals surface area contributed by atoms with E-state index < -0.39 is 48.6 Å². The molecule has 1 fully saturated rings. The molecule has 42 heavy (non-hydrogen) atoms. The summed E-state index contributed by atoms with van der Waals surface area (Å²) in [6.07, 6.45) is -8.84. The molecule has 1 aliphatic heterocycles. The fourth-order valence-corrected chi connectivity index (χ4v) is 7.16. The van der Waals surface area contributed by atoms with Gasteiger partial charge in [0, 0.05) is 30.8 Å². The number of ether oxygens (including phenoxy) is 1. The molecule has 15 heteroatoms. The Morgan fingerprint density at radius 2 is 1.69 bits per heavy atom. The Labute approximate surface area is 238 Å². The predicted octanol–water partition coefficient (Wildman–Crippen LogP) is 6.78. The lowest BCUT2D eigenvalue weighted by Crippen LogP contribution is -2.43. The number of carbonyl (C=O) groups excluding carboxylic acids is 1. The third-order valence-corrected chi connectivity index (χ3v) is 9.78. The van der Waals surface area contributed by atoms with Crippen LogP contribution in [0, 0.1) is 6.92 Å². The van der Waals surface area contributed by atoms with Gasteiger partial charge in [-0.1, -0.05) is 12.1 Å². The summed E-state index contributed by atoms with van der Waals surface area (Å²) in [4.78, 5) is 25.3. The van der Waals surface area contributed by atoms with Gasteiger partial charge in [-0.3, -0.25) is 4.98 Å². The van der Waals surface area contributed by atoms with Crippen LogP contribution in [0.15, 0.2) is 30.5 Å². The number of anilines is 1. The maximum Gasteiger partial charge on any atom is 0.451 e. The number of hydrogen-bond donors (Lipinski definition) is 1. The average Bonchev–Trinajstić information content (AvgIpc) is 2.86. The highest BCUT2D eigenvalue weighted by Crippen LogP contribution is 2.46. The molecule has 1 amide bonds. The van der Waals surface area contributed by atoms with E-state index in [9.17, 15) is 35.7 Å². The standard InChI is InChI=1S/C27H30F6N5O3P/c1-15-17(7-6-8-19(15)26(28,29)30)16(2)35-22-18-13-21(34-14-20(18)36-23(37-22)27(31,32)33)42(40)11-9-38(10-12-42)24(39)41-25(3,4)5/h6-8,13-14,16H,9-12H2,1-5H3,(H,35,36,37)/t16-/m1/s1. The quantitative estimate of drug-likeness (QED) is 0.255. The minimum absolute atomic E-state index is 0.0780. The topological polar surface area (TPSA) is 97.3 Å². The van der Waals surface area contributed by atoms with E-state index in [0.29, 0.717) is 0 Å². The van der Waals surface area contributed by atoms with Crippen molar-refractivity contribution in [3.63, 3.8) is 0 Å². The van der Waals surface area contributed by atoms with Gasteiger partial charge in [-0.05, 0) is 57.9 Å². The minimum Gasteiger partial charge on any atom is -0.444 e. The van der Waals surface area contributed by atoms with Crippen LogP contribution in [0.4, 0.5) is 37.0 Å². The second-order valence-corrected chi connectivity index (χ2v) is 14.3. The molecule has 1 saturated heterocycles. The largest absolute Gasteiger partial charge is 0.451 e. The molecule has 1 aromatic carbocycles. The molecule has 0 aliphatic carbocycles. The Bertz CT molecular complexity index is 1540. The Hall–Kier alpha value is -3.41. The van der Waals surface area contributed by atoms with Crippen LogP contribution in [0.1, 0.15) is 56.3 Å². The minimum atomic E-state index is -4.92. The van der Waals surface area contributed by atoms with E-state index >= 15 is 0 Å². The van der Waals surface area contributed by atoms with E-state index in [4.69, 9.17) is 4.74 Å². The van der Waals surface area contributed by atoms with Crippen molar-refractivity contribution in [1.29, 1.82) is 0 Å². The highest BCUT2D eigenvalue weighted by atomic mass is 31.2. The van der Waals surface area contributed by atoms with Gasteiger partial charge in [0.25, 0.3) is 0 Å². The Morgan fingerprint density at radius 3 is 2.26 bits per heavy atom. The van der Waals surface area contributed by atoms with Gasteiger partial charge in [0.2, 0.25) is 5.82 Å². The van der Waals surface area contributed by atoms with E-state index in [0.717, 1.165) is 12.3 Å². The number of alkyl halides is 6. The number of pyridine rings is 1. The summed E-state index contributed by atoms with van der Waals surface area (Å²) in [5.74, 6) is -1.75. The maximum absolute atomic E-state index is 13.9. The number of nitrogens with one attached hydrogen (secondary N) is 1. The highest BCUT2D eigenvalue weighted by Gasteiger charge is 2.38. The number of nitrogens with zero attached hydrogens (tertiary/aromatic N) is 4. The molecule has 1 atom stereocenters. The number of amides is 1. The molecule has 0 unspecified atom stereocenters. The number of benzene rings is 1. The van der Waals surface area contributed by atoms with Crippen LogP contribution in [0.5, 0.6) is 0 Å². The first-order valence-corrected chi connectivity index (χ1v) is 15.1. The van der Waals surface area contributed by atoms with Crippen LogP contribution >= 0.6 is 7.14 Å². The fourth-order valence-electron chi connectivity index (χ4n) is 4.72. The van der Waals surface area contributed by atoms with Crippen molar-refractivity contribution < 1.29 is 40.4 Å². The summed E-state index contributed by atoms with van der Waals surface area (Å²) in [5.41, 5.74) is -1.49. The summed E-state index contributed by atoms with van der Waals surface area (Å²) in [6, 6.07) is 4.06. The van der Waals surface area contributed by atoms with Crippen molar-refractivity contribution in [2.45, 2.75) is 58.6 Å². The van der Waals surface area contributed by atoms with Gasteiger partial charge in [-0.2, -0.15) is 26.3 Å². The lowest BCUT2D eigenvalue weighted by molar-refractivity contribution is -0.144. The lowest BCUT2D eigenvalue weighted by atomic mass is 9.97. The van der Waals surface area contributed by atoms with Crippen LogP contribution < -0.4 is 10.8 Å². The maximum atomic E-state index is 13.9. The SMILES string of the molecule is Cc1c([C@@H](C)Nc2nc(C(F)(F)F)nc3cnc(P4(=O)CCN(C(=O)OC(C)(C)C)CC4)cc23)cccc1C(F)(F)F. The van der Waals surface area contributed by atoms with Crippen molar-refractivity contribution >= 4 is 35.4 Å². The molecule has 1 N–H and O–H groups in total. The molecule has 3 aromatic rings. The number of carbonyl (C=O) groups is 1. The number of aromatic nitrogens is 3. The summed E-state index contributed by atoms with van der Waals surface area (Å²) in [6.45, 7) is 8.23. The molecular formula is C27H30F6N5O3P. The van der Waals surface area contributed by atoms with E-state index in [1.807, 2.05) is 0 Å². The zero-order chi connectivity index (χ0) is 31.3. The van der Waals surface area contributed by atoms with E-state index in [1.165, 1.54) is 36.9 Å². The van der Waals surface area contributed by atoms with Crippen molar-refractivity contribution in [3.05, 3.63) is 53.0 Å². The van der Waals surface area contributed by atoms with Crippen molar-refractivity contribution in [2.75, 3.05) is 30.7 Å². The second kappa shape index (κ2) is 11.0. The smallest absolute Gasteiger partial charge is 0.444 e.